The van der Waals surface area contributed by atoms with Crippen LogP contribution in [0.2, 0.25) is 0 Å². The molecule has 3 N–H and O–H groups in total. The molecule has 4 rings (SSSR count). The van der Waals surface area contributed by atoms with Crippen LogP contribution in [0.3, 0.4) is 0 Å². The lowest BCUT2D eigenvalue weighted by Gasteiger charge is -2.17. The number of hydrogen-bond acceptors (Lipinski definition) is 4. The number of carbonyl (C=O) groups is 4. The normalized spacial score (nSPS) is 16.4. The van der Waals surface area contributed by atoms with Gasteiger partial charge in [-0.3, -0.25) is 14.4 Å². The van der Waals surface area contributed by atoms with Gasteiger partial charge in [0.05, 0.1) is 17.4 Å². The fraction of sp³-hybridized carbons (Fsp3) is 0.267. The first-order chi connectivity index (χ1) is 19.2. The molecule has 3 amide bonds. The summed E-state index contributed by atoms with van der Waals surface area (Å²) in [6.07, 6.45) is 0.928. The second-order valence-electron chi connectivity index (χ2n) is 9.64. The Morgan fingerprint density at radius 1 is 0.675 bits per heavy atom. The molecule has 0 saturated carbocycles. The standard InChI is InChI=1S/C30H29F2N3O5/c31-23-9-1-19(2-10-23)13-15-33-27(36)25-17-35(29(38)21-5-7-22(8-6-21)30(39)40)18-26(25)28(37)34-16-14-20-3-11-24(32)12-4-20/h1-12,25-26H,13-18H2,(H,33,36)(H,34,37)(H,39,40)/t25-,26-/m0/s1. The third kappa shape index (κ3) is 7.28. The predicted molar refractivity (Wildman–Crippen MR) is 143 cm³/mol. The quantitative estimate of drug-likeness (QED) is 0.360. The number of rotatable bonds is 10. The predicted octanol–water partition coefficient (Wildman–Crippen LogP) is 3.07. The van der Waals surface area contributed by atoms with Crippen LogP contribution in [0.4, 0.5) is 8.78 Å². The highest BCUT2D eigenvalue weighted by Crippen LogP contribution is 2.26. The van der Waals surface area contributed by atoms with Crippen LogP contribution < -0.4 is 10.6 Å². The van der Waals surface area contributed by atoms with E-state index in [1.807, 2.05) is 0 Å². The minimum atomic E-state index is -1.12. The minimum absolute atomic E-state index is 0.0119. The Kier molecular flexibility index (Phi) is 9.21. The second-order valence-corrected chi connectivity index (χ2v) is 9.64. The van der Waals surface area contributed by atoms with E-state index in [0.29, 0.717) is 12.8 Å². The molecule has 1 fully saturated rings. The maximum absolute atomic E-state index is 13.2. The average Bonchev–Trinajstić information content (AvgIpc) is 3.41. The molecular weight excluding hydrogens is 520 g/mol. The van der Waals surface area contributed by atoms with Crippen LogP contribution in [0.25, 0.3) is 0 Å². The molecule has 2 atom stereocenters. The van der Waals surface area contributed by atoms with E-state index in [4.69, 9.17) is 5.11 Å². The number of hydrogen-bond donors (Lipinski definition) is 3. The number of nitrogens with zero attached hydrogens (tertiary/aromatic N) is 1. The Hall–Kier alpha value is -4.60. The van der Waals surface area contributed by atoms with Crippen molar-refractivity contribution >= 4 is 23.7 Å². The summed E-state index contributed by atoms with van der Waals surface area (Å²) in [4.78, 5) is 52.1. The maximum atomic E-state index is 13.2. The second kappa shape index (κ2) is 13.0. The largest absolute Gasteiger partial charge is 0.478 e. The number of carbonyl (C=O) groups excluding carboxylic acids is 3. The fourth-order valence-corrected chi connectivity index (χ4v) is 4.66. The van der Waals surface area contributed by atoms with Crippen LogP contribution in [0.15, 0.2) is 72.8 Å². The van der Waals surface area contributed by atoms with Crippen molar-refractivity contribution in [2.75, 3.05) is 26.2 Å². The molecular formula is C30H29F2N3O5. The highest BCUT2D eigenvalue weighted by molar-refractivity contribution is 5.98. The van der Waals surface area contributed by atoms with Gasteiger partial charge in [-0.2, -0.15) is 0 Å². The molecule has 1 aliphatic rings. The molecule has 1 heterocycles. The molecule has 0 unspecified atom stereocenters. The zero-order valence-corrected chi connectivity index (χ0v) is 21.6. The summed E-state index contributed by atoms with van der Waals surface area (Å²) in [5, 5.41) is 14.8. The molecule has 1 aliphatic heterocycles. The van der Waals surface area contributed by atoms with Gasteiger partial charge in [0.2, 0.25) is 11.8 Å². The smallest absolute Gasteiger partial charge is 0.335 e. The SMILES string of the molecule is O=C(O)c1ccc(C(=O)N2C[C@H](C(=O)NCCc3ccc(F)cc3)[C@@H](C(=O)NCCc3ccc(F)cc3)C2)cc1. The van der Waals surface area contributed by atoms with Crippen molar-refractivity contribution in [3.63, 3.8) is 0 Å². The first kappa shape index (κ1) is 28.4. The fourth-order valence-electron chi connectivity index (χ4n) is 4.66. The minimum Gasteiger partial charge on any atom is -0.478 e. The number of halogens is 2. The van der Waals surface area contributed by atoms with Crippen LogP contribution in [0.5, 0.6) is 0 Å². The van der Waals surface area contributed by atoms with Gasteiger partial charge in [0.25, 0.3) is 5.91 Å². The van der Waals surface area contributed by atoms with E-state index in [1.54, 1.807) is 24.3 Å². The number of amides is 3. The van der Waals surface area contributed by atoms with Crippen molar-refractivity contribution in [1.82, 2.24) is 15.5 Å². The molecule has 0 radical (unpaired) electrons. The number of carboxylic acids is 1. The summed E-state index contributed by atoms with van der Waals surface area (Å²) < 4.78 is 26.3. The third-order valence-corrected chi connectivity index (χ3v) is 6.91. The summed E-state index contributed by atoms with van der Waals surface area (Å²) in [6, 6.07) is 17.3. The molecule has 208 valence electrons. The summed E-state index contributed by atoms with van der Waals surface area (Å²) in [5.41, 5.74) is 1.96. The van der Waals surface area contributed by atoms with Gasteiger partial charge in [0.15, 0.2) is 0 Å². The van der Waals surface area contributed by atoms with E-state index in [1.165, 1.54) is 53.4 Å². The van der Waals surface area contributed by atoms with Gasteiger partial charge >= 0.3 is 5.97 Å². The third-order valence-electron chi connectivity index (χ3n) is 6.91. The molecule has 0 bridgehead atoms. The maximum Gasteiger partial charge on any atom is 0.335 e. The van der Waals surface area contributed by atoms with E-state index in [-0.39, 0.29) is 60.8 Å². The Labute approximate surface area is 230 Å². The molecule has 0 aromatic heterocycles. The van der Waals surface area contributed by atoms with Gasteiger partial charge in [-0.15, -0.1) is 0 Å². The van der Waals surface area contributed by atoms with Crippen LogP contribution in [0, 0.1) is 23.5 Å². The number of nitrogens with one attached hydrogen (secondary N) is 2. The van der Waals surface area contributed by atoms with Crippen LogP contribution in [-0.2, 0) is 22.4 Å². The van der Waals surface area contributed by atoms with E-state index in [0.717, 1.165) is 11.1 Å². The van der Waals surface area contributed by atoms with Crippen molar-refractivity contribution in [1.29, 1.82) is 0 Å². The molecule has 1 saturated heterocycles. The van der Waals surface area contributed by atoms with Gasteiger partial charge in [0.1, 0.15) is 11.6 Å². The molecule has 3 aromatic rings. The topological polar surface area (TPSA) is 116 Å². The van der Waals surface area contributed by atoms with Crippen LogP contribution in [-0.4, -0.2) is 59.9 Å². The van der Waals surface area contributed by atoms with Crippen LogP contribution >= 0.6 is 0 Å². The number of benzene rings is 3. The lowest BCUT2D eigenvalue weighted by Crippen LogP contribution is -2.42. The lowest BCUT2D eigenvalue weighted by molar-refractivity contribution is -0.132. The number of carboxylic acid groups (broad SMARTS) is 1. The monoisotopic (exact) mass is 549 g/mol. The lowest BCUT2D eigenvalue weighted by atomic mass is 9.94. The van der Waals surface area contributed by atoms with Crippen molar-refractivity contribution < 1.29 is 33.1 Å². The molecule has 10 heteroatoms. The van der Waals surface area contributed by atoms with Gasteiger partial charge < -0.3 is 20.6 Å². The van der Waals surface area contributed by atoms with Gasteiger partial charge in [-0.1, -0.05) is 24.3 Å². The Morgan fingerprint density at radius 3 is 1.48 bits per heavy atom. The molecule has 3 aromatic carbocycles. The van der Waals surface area contributed by atoms with Crippen molar-refractivity contribution in [3.8, 4) is 0 Å². The first-order valence-electron chi connectivity index (χ1n) is 12.9. The van der Waals surface area contributed by atoms with Crippen molar-refractivity contribution in [2.24, 2.45) is 11.8 Å². The Morgan fingerprint density at radius 2 is 1.07 bits per heavy atom. The van der Waals surface area contributed by atoms with Crippen molar-refractivity contribution in [3.05, 3.63) is 107 Å². The summed E-state index contributed by atoms with van der Waals surface area (Å²) >= 11 is 0. The highest BCUT2D eigenvalue weighted by Gasteiger charge is 2.43. The zero-order valence-electron chi connectivity index (χ0n) is 21.6. The van der Waals surface area contributed by atoms with E-state index < -0.39 is 23.7 Å². The van der Waals surface area contributed by atoms with Gasteiger partial charge in [-0.05, 0) is 72.5 Å². The first-order valence-corrected chi connectivity index (χ1v) is 12.9. The highest BCUT2D eigenvalue weighted by atomic mass is 19.1. The van der Waals surface area contributed by atoms with E-state index in [9.17, 15) is 28.0 Å². The van der Waals surface area contributed by atoms with Gasteiger partial charge in [0, 0.05) is 31.7 Å². The van der Waals surface area contributed by atoms with Crippen molar-refractivity contribution in [2.45, 2.75) is 12.8 Å². The summed E-state index contributed by atoms with van der Waals surface area (Å²) in [5.74, 6) is -4.60. The summed E-state index contributed by atoms with van der Waals surface area (Å²) in [7, 11) is 0. The van der Waals surface area contributed by atoms with E-state index >= 15 is 0 Å². The number of likely N-dealkylation sites (tertiary alicyclic amines) is 1. The van der Waals surface area contributed by atoms with E-state index in [2.05, 4.69) is 10.6 Å². The Bertz CT molecular complexity index is 1290. The van der Waals surface area contributed by atoms with Crippen LogP contribution in [0.1, 0.15) is 31.8 Å². The number of aromatic carboxylic acids is 1. The molecule has 0 spiro atoms. The molecule has 40 heavy (non-hydrogen) atoms. The molecule has 0 aliphatic carbocycles. The zero-order chi connectivity index (χ0) is 28.6. The van der Waals surface area contributed by atoms with Gasteiger partial charge in [-0.25, -0.2) is 13.6 Å². The Balaban J connectivity index is 1.41. The molecule has 8 nitrogen and oxygen atoms in total. The average molecular weight is 550 g/mol. The summed E-state index contributed by atoms with van der Waals surface area (Å²) in [6.45, 7) is 0.560.